The molecule has 1 aromatic heterocycles. The number of non-ortho nitro benzene ring substituents is 1. The molecular weight excluding hydrogens is 448 g/mol. The molecule has 3 aliphatic heterocycles. The number of rotatable bonds is 6. The van der Waals surface area contributed by atoms with Crippen molar-refractivity contribution in [3.05, 3.63) is 64.0 Å². The van der Waals surface area contributed by atoms with Gasteiger partial charge in [0.1, 0.15) is 0 Å². The van der Waals surface area contributed by atoms with Crippen LogP contribution in [0, 0.1) is 16.0 Å². The lowest BCUT2D eigenvalue weighted by atomic mass is 9.83. The Morgan fingerprint density at radius 1 is 1.11 bits per heavy atom. The van der Waals surface area contributed by atoms with Crippen LogP contribution in [0.1, 0.15) is 24.1 Å². The molecular formula is C25H30N6O4. The number of likely N-dealkylation sites (tertiary alicyclic amines) is 1. The van der Waals surface area contributed by atoms with Crippen LogP contribution >= 0.6 is 0 Å². The Morgan fingerprint density at radius 2 is 1.94 bits per heavy atom. The predicted octanol–water partition coefficient (Wildman–Crippen LogP) is 1.59. The van der Waals surface area contributed by atoms with Crippen LogP contribution < -0.4 is 10.2 Å². The highest BCUT2D eigenvalue weighted by atomic mass is 16.6. The number of hydrogen-bond acceptors (Lipinski definition) is 7. The van der Waals surface area contributed by atoms with Gasteiger partial charge in [0.15, 0.2) is 0 Å². The van der Waals surface area contributed by atoms with Crippen molar-refractivity contribution < 1.29 is 14.5 Å². The summed E-state index contributed by atoms with van der Waals surface area (Å²) in [6.07, 6.45) is 4.23. The number of hydrogen-bond donors (Lipinski definition) is 1. The highest BCUT2D eigenvalue weighted by Gasteiger charge is 2.42. The summed E-state index contributed by atoms with van der Waals surface area (Å²) in [5.41, 5.74) is 2.56. The van der Waals surface area contributed by atoms with E-state index in [-0.39, 0.29) is 23.5 Å². The molecule has 10 nitrogen and oxygen atoms in total. The van der Waals surface area contributed by atoms with Crippen LogP contribution in [-0.2, 0) is 22.6 Å². The second-order valence-corrected chi connectivity index (χ2v) is 9.50. The monoisotopic (exact) mass is 478 g/mol. The summed E-state index contributed by atoms with van der Waals surface area (Å²) in [6.45, 7) is 4.29. The van der Waals surface area contributed by atoms with E-state index >= 15 is 0 Å². The summed E-state index contributed by atoms with van der Waals surface area (Å²) >= 11 is 0. The van der Waals surface area contributed by atoms with Gasteiger partial charge < -0.3 is 15.1 Å². The molecule has 3 aliphatic rings. The lowest BCUT2D eigenvalue weighted by Crippen LogP contribution is -2.62. The first-order valence-corrected chi connectivity index (χ1v) is 12.2. The standard InChI is InChI=1S/C25H30N6O4/c32-24(29-9-3-4-10-29)17-28-11-12-30-22-7-6-20(31(34)35)13-18(22)14-21(23(30)16-28)25(33)27-15-19-5-1-2-8-26-19/h1-2,5-8,13,21,23H,3-4,9-12,14-17H2,(H,27,33)/t21-,23-/m0/s1. The average Bonchev–Trinajstić information content (AvgIpc) is 3.42. The lowest BCUT2D eigenvalue weighted by Gasteiger charge is -2.49. The number of piperazine rings is 1. The molecule has 0 bridgehead atoms. The van der Waals surface area contributed by atoms with Gasteiger partial charge in [-0.2, -0.15) is 0 Å². The fraction of sp³-hybridized carbons (Fsp3) is 0.480. The maximum absolute atomic E-state index is 13.4. The Labute approximate surface area is 204 Å². The largest absolute Gasteiger partial charge is 0.365 e. The number of fused-ring (bicyclic) bond motifs is 3. The first kappa shape index (κ1) is 23.2. The molecule has 184 valence electrons. The molecule has 0 spiro atoms. The Kier molecular flexibility index (Phi) is 6.63. The van der Waals surface area contributed by atoms with E-state index in [1.54, 1.807) is 18.3 Å². The highest BCUT2D eigenvalue weighted by Crippen LogP contribution is 2.38. The quantitative estimate of drug-likeness (QED) is 0.496. The van der Waals surface area contributed by atoms with Gasteiger partial charge in [-0.3, -0.25) is 29.6 Å². The molecule has 35 heavy (non-hydrogen) atoms. The normalized spacial score (nSPS) is 21.8. The van der Waals surface area contributed by atoms with E-state index in [0.717, 1.165) is 42.9 Å². The molecule has 0 radical (unpaired) electrons. The minimum Gasteiger partial charge on any atom is -0.365 e. The van der Waals surface area contributed by atoms with Gasteiger partial charge in [0.2, 0.25) is 11.8 Å². The SMILES string of the molecule is O=C(NCc1ccccn1)[C@H]1Cc2cc([N+](=O)[O-])ccc2N2CCN(CC(=O)N3CCCC3)C[C@@H]12. The molecule has 2 aromatic rings. The summed E-state index contributed by atoms with van der Waals surface area (Å²) in [6, 6.07) is 10.4. The summed E-state index contributed by atoms with van der Waals surface area (Å²) < 4.78 is 0. The predicted molar refractivity (Wildman–Crippen MR) is 130 cm³/mol. The second kappa shape index (κ2) is 9.99. The zero-order valence-electron chi connectivity index (χ0n) is 19.6. The van der Waals surface area contributed by atoms with Crippen molar-refractivity contribution in [2.24, 2.45) is 5.92 Å². The zero-order valence-corrected chi connectivity index (χ0v) is 19.6. The molecule has 2 amide bonds. The van der Waals surface area contributed by atoms with Crippen molar-refractivity contribution in [3.8, 4) is 0 Å². The molecule has 0 saturated carbocycles. The Bertz CT molecular complexity index is 1100. The van der Waals surface area contributed by atoms with Crippen LogP contribution in [0.3, 0.4) is 0 Å². The molecule has 0 unspecified atom stereocenters. The van der Waals surface area contributed by atoms with Crippen LogP contribution in [0.5, 0.6) is 0 Å². The maximum Gasteiger partial charge on any atom is 0.269 e. The molecule has 5 rings (SSSR count). The molecule has 2 saturated heterocycles. The first-order valence-electron chi connectivity index (χ1n) is 12.2. The number of carbonyl (C=O) groups excluding carboxylic acids is 2. The van der Waals surface area contributed by atoms with Crippen LogP contribution in [0.4, 0.5) is 11.4 Å². The second-order valence-electron chi connectivity index (χ2n) is 9.50. The number of aromatic nitrogens is 1. The number of anilines is 1. The Morgan fingerprint density at radius 3 is 2.69 bits per heavy atom. The summed E-state index contributed by atoms with van der Waals surface area (Å²) in [5.74, 6) is -0.340. The molecule has 10 heteroatoms. The minimum atomic E-state index is -0.398. The molecule has 4 heterocycles. The van der Waals surface area contributed by atoms with E-state index < -0.39 is 10.8 Å². The van der Waals surface area contributed by atoms with Crippen LogP contribution in [-0.4, -0.2) is 76.8 Å². The minimum absolute atomic E-state index is 0.0321. The summed E-state index contributed by atoms with van der Waals surface area (Å²) in [5, 5.41) is 14.4. The Balaban J connectivity index is 1.36. The molecule has 1 aromatic carbocycles. The molecule has 2 fully saturated rings. The van der Waals surface area contributed by atoms with Gasteiger partial charge in [0, 0.05) is 56.7 Å². The fourth-order valence-electron chi connectivity index (χ4n) is 5.50. The zero-order chi connectivity index (χ0) is 24.4. The van der Waals surface area contributed by atoms with E-state index in [1.165, 1.54) is 6.07 Å². The van der Waals surface area contributed by atoms with Gasteiger partial charge >= 0.3 is 0 Å². The van der Waals surface area contributed by atoms with E-state index in [1.807, 2.05) is 23.1 Å². The van der Waals surface area contributed by atoms with E-state index in [0.29, 0.717) is 39.1 Å². The van der Waals surface area contributed by atoms with Gasteiger partial charge in [-0.15, -0.1) is 0 Å². The fourth-order valence-corrected chi connectivity index (χ4v) is 5.50. The van der Waals surface area contributed by atoms with Crippen molar-refractivity contribution in [2.45, 2.75) is 31.8 Å². The molecule has 1 N–H and O–H groups in total. The number of nitrogens with one attached hydrogen (secondary N) is 1. The van der Waals surface area contributed by atoms with Gasteiger partial charge in [-0.1, -0.05) is 6.07 Å². The first-order chi connectivity index (χ1) is 17.0. The van der Waals surface area contributed by atoms with Gasteiger partial charge in [0.05, 0.1) is 35.7 Å². The highest BCUT2D eigenvalue weighted by molar-refractivity contribution is 5.82. The topological polar surface area (TPSA) is 112 Å². The third-order valence-corrected chi connectivity index (χ3v) is 7.31. The summed E-state index contributed by atoms with van der Waals surface area (Å²) in [7, 11) is 0. The molecule has 0 aliphatic carbocycles. The van der Waals surface area contributed by atoms with Crippen molar-refractivity contribution in [2.75, 3.05) is 44.2 Å². The number of nitro groups is 1. The van der Waals surface area contributed by atoms with E-state index in [4.69, 9.17) is 0 Å². The van der Waals surface area contributed by atoms with Crippen molar-refractivity contribution in [3.63, 3.8) is 0 Å². The number of carbonyl (C=O) groups is 2. The van der Waals surface area contributed by atoms with Crippen LogP contribution in [0.2, 0.25) is 0 Å². The van der Waals surface area contributed by atoms with Gasteiger partial charge in [-0.25, -0.2) is 0 Å². The van der Waals surface area contributed by atoms with Gasteiger partial charge in [-0.05, 0) is 43.0 Å². The van der Waals surface area contributed by atoms with Crippen LogP contribution in [0.15, 0.2) is 42.6 Å². The van der Waals surface area contributed by atoms with E-state index in [9.17, 15) is 19.7 Å². The average molecular weight is 479 g/mol. The molecule has 2 atom stereocenters. The third kappa shape index (κ3) is 4.97. The Hall–Kier alpha value is -3.53. The lowest BCUT2D eigenvalue weighted by molar-refractivity contribution is -0.384. The third-order valence-electron chi connectivity index (χ3n) is 7.31. The van der Waals surface area contributed by atoms with Crippen molar-refractivity contribution >= 4 is 23.2 Å². The maximum atomic E-state index is 13.4. The van der Waals surface area contributed by atoms with Crippen molar-refractivity contribution in [1.82, 2.24) is 20.1 Å². The number of nitro benzene ring substituents is 1. The van der Waals surface area contributed by atoms with Crippen LogP contribution in [0.25, 0.3) is 0 Å². The van der Waals surface area contributed by atoms with Gasteiger partial charge in [0.25, 0.3) is 5.69 Å². The number of benzene rings is 1. The van der Waals surface area contributed by atoms with E-state index in [2.05, 4.69) is 20.1 Å². The summed E-state index contributed by atoms with van der Waals surface area (Å²) in [4.78, 5) is 47.7. The smallest absolute Gasteiger partial charge is 0.269 e. The number of pyridine rings is 1. The van der Waals surface area contributed by atoms with Crippen molar-refractivity contribution in [1.29, 1.82) is 0 Å². The number of nitrogens with zero attached hydrogens (tertiary/aromatic N) is 5. The number of amides is 2.